The molecule has 4 nitrogen and oxygen atoms in total. The molecule has 0 unspecified atom stereocenters. The highest BCUT2D eigenvalue weighted by Crippen LogP contribution is 2.21. The molecule has 0 amide bonds. The molecule has 0 aliphatic heterocycles. The maximum Gasteiger partial charge on any atom is 0.122 e. The molecule has 90 valence electrons. The van der Waals surface area contributed by atoms with Gasteiger partial charge in [0.25, 0.3) is 0 Å². The lowest BCUT2D eigenvalue weighted by Gasteiger charge is -2.08. The Morgan fingerprint density at radius 3 is 2.76 bits per heavy atom. The second kappa shape index (κ2) is 4.99. The van der Waals surface area contributed by atoms with Gasteiger partial charge in [0.2, 0.25) is 0 Å². The van der Waals surface area contributed by atoms with Crippen molar-refractivity contribution >= 4 is 0 Å². The summed E-state index contributed by atoms with van der Waals surface area (Å²) in [7, 11) is 3.58. The van der Waals surface area contributed by atoms with Crippen LogP contribution in [0.1, 0.15) is 16.8 Å². The van der Waals surface area contributed by atoms with Gasteiger partial charge < -0.3 is 4.74 Å². The smallest absolute Gasteiger partial charge is 0.122 e. The molecule has 0 atom stereocenters. The fourth-order valence-corrected chi connectivity index (χ4v) is 1.88. The van der Waals surface area contributed by atoms with Gasteiger partial charge in [-0.15, -0.1) is 5.10 Å². The minimum atomic E-state index is 0.883. The Balaban J connectivity index is 2.10. The zero-order valence-electron chi connectivity index (χ0n) is 10.5. The van der Waals surface area contributed by atoms with E-state index in [1.165, 1.54) is 11.1 Å². The number of benzene rings is 1. The Labute approximate surface area is 101 Å². The summed E-state index contributed by atoms with van der Waals surface area (Å²) in [6, 6.07) is 6.24. The Kier molecular flexibility index (Phi) is 3.42. The van der Waals surface area contributed by atoms with Crippen molar-refractivity contribution in [2.45, 2.75) is 19.8 Å². The normalized spacial score (nSPS) is 10.5. The Morgan fingerprint density at radius 1 is 1.29 bits per heavy atom. The third-order valence-corrected chi connectivity index (χ3v) is 2.74. The van der Waals surface area contributed by atoms with Crippen molar-refractivity contribution in [2.24, 2.45) is 7.05 Å². The van der Waals surface area contributed by atoms with Gasteiger partial charge in [0.1, 0.15) is 5.75 Å². The van der Waals surface area contributed by atoms with E-state index in [1.54, 1.807) is 11.8 Å². The van der Waals surface area contributed by atoms with Crippen LogP contribution in [0.2, 0.25) is 0 Å². The highest BCUT2D eigenvalue weighted by molar-refractivity contribution is 5.37. The number of nitrogens with zero attached hydrogens (tertiary/aromatic N) is 3. The van der Waals surface area contributed by atoms with E-state index in [1.807, 2.05) is 19.3 Å². The maximum atomic E-state index is 5.35. The summed E-state index contributed by atoms with van der Waals surface area (Å²) in [5.74, 6) is 0.944. The predicted octanol–water partition coefficient (Wildman–Crippen LogP) is 1.92. The summed E-state index contributed by atoms with van der Waals surface area (Å²) in [4.78, 5) is 0. The molecule has 0 spiro atoms. The molecule has 1 heterocycles. The van der Waals surface area contributed by atoms with Crippen LogP contribution >= 0.6 is 0 Å². The summed E-state index contributed by atoms with van der Waals surface area (Å²) in [6.07, 6.45) is 3.75. The molecule has 0 saturated carbocycles. The summed E-state index contributed by atoms with van der Waals surface area (Å²) >= 11 is 0. The second-order valence-electron chi connectivity index (χ2n) is 4.20. The molecule has 0 aliphatic carbocycles. The van der Waals surface area contributed by atoms with E-state index in [0.29, 0.717) is 0 Å². The molecule has 2 rings (SSSR count). The molecule has 1 aromatic heterocycles. The van der Waals surface area contributed by atoms with Crippen molar-refractivity contribution in [2.75, 3.05) is 7.11 Å². The maximum absolute atomic E-state index is 5.35. The van der Waals surface area contributed by atoms with Crippen molar-refractivity contribution in [3.63, 3.8) is 0 Å². The molecule has 0 bridgehead atoms. The molecule has 0 radical (unpaired) electrons. The van der Waals surface area contributed by atoms with E-state index in [9.17, 15) is 0 Å². The van der Waals surface area contributed by atoms with Gasteiger partial charge in [-0.25, -0.2) is 0 Å². The van der Waals surface area contributed by atoms with E-state index < -0.39 is 0 Å². The largest absolute Gasteiger partial charge is 0.496 e. The van der Waals surface area contributed by atoms with Crippen LogP contribution in [0.3, 0.4) is 0 Å². The van der Waals surface area contributed by atoms with Crippen LogP contribution in [-0.2, 0) is 19.9 Å². The lowest BCUT2D eigenvalue weighted by atomic mass is 10.0. The molecule has 1 aromatic carbocycles. The number of ether oxygens (including phenoxy) is 1. The number of methoxy groups -OCH3 is 1. The first-order valence-corrected chi connectivity index (χ1v) is 5.68. The summed E-state index contributed by atoms with van der Waals surface area (Å²) in [5, 5.41) is 8.01. The van der Waals surface area contributed by atoms with Crippen LogP contribution in [0.5, 0.6) is 5.75 Å². The topological polar surface area (TPSA) is 39.9 Å². The quantitative estimate of drug-likeness (QED) is 0.807. The molecular formula is C13H17N3O. The third kappa shape index (κ3) is 2.84. The van der Waals surface area contributed by atoms with E-state index in [2.05, 4.69) is 29.4 Å². The van der Waals surface area contributed by atoms with Gasteiger partial charge in [-0.2, -0.15) is 0 Å². The number of aromatic nitrogens is 3. The number of rotatable bonds is 4. The lowest BCUT2D eigenvalue weighted by molar-refractivity contribution is 0.409. The molecule has 0 aliphatic rings. The van der Waals surface area contributed by atoms with Crippen molar-refractivity contribution in [1.29, 1.82) is 0 Å². The third-order valence-electron chi connectivity index (χ3n) is 2.74. The second-order valence-corrected chi connectivity index (χ2v) is 4.20. The van der Waals surface area contributed by atoms with E-state index in [-0.39, 0.29) is 0 Å². The monoisotopic (exact) mass is 231 g/mol. The molecular weight excluding hydrogens is 214 g/mol. The molecule has 0 N–H and O–H groups in total. The van der Waals surface area contributed by atoms with E-state index >= 15 is 0 Å². The molecule has 0 fully saturated rings. The number of hydrogen-bond donors (Lipinski definition) is 0. The zero-order chi connectivity index (χ0) is 12.3. The average molecular weight is 231 g/mol. The highest BCUT2D eigenvalue weighted by atomic mass is 16.5. The van der Waals surface area contributed by atoms with Crippen LogP contribution in [0.25, 0.3) is 0 Å². The van der Waals surface area contributed by atoms with Gasteiger partial charge in [-0.05, 0) is 31.4 Å². The SMILES string of the molecule is COc1ccc(C)cc1CCc1cn(C)nn1. The minimum Gasteiger partial charge on any atom is -0.496 e. The predicted molar refractivity (Wildman–Crippen MR) is 66.1 cm³/mol. The first-order chi connectivity index (χ1) is 8.19. The van der Waals surface area contributed by atoms with Gasteiger partial charge in [0.15, 0.2) is 0 Å². The summed E-state index contributed by atoms with van der Waals surface area (Å²) in [6.45, 7) is 2.09. The standard InChI is InChI=1S/C13H17N3O/c1-10-4-7-13(17-3)11(8-10)5-6-12-9-16(2)15-14-12/h4,7-9H,5-6H2,1-3H3. The first-order valence-electron chi connectivity index (χ1n) is 5.68. The highest BCUT2D eigenvalue weighted by Gasteiger charge is 2.05. The van der Waals surface area contributed by atoms with Crippen molar-refractivity contribution in [3.05, 3.63) is 41.2 Å². The number of aryl methyl sites for hydroxylation is 4. The van der Waals surface area contributed by atoms with Crippen LogP contribution in [-0.4, -0.2) is 22.1 Å². The Hall–Kier alpha value is -1.84. The van der Waals surface area contributed by atoms with E-state index in [0.717, 1.165) is 24.3 Å². The first kappa shape index (κ1) is 11.6. The number of hydrogen-bond acceptors (Lipinski definition) is 3. The van der Waals surface area contributed by atoms with Crippen molar-refractivity contribution in [3.8, 4) is 5.75 Å². The molecule has 4 heteroatoms. The van der Waals surface area contributed by atoms with Gasteiger partial charge in [0, 0.05) is 13.2 Å². The fourth-order valence-electron chi connectivity index (χ4n) is 1.88. The summed E-state index contributed by atoms with van der Waals surface area (Å²) in [5.41, 5.74) is 3.48. The van der Waals surface area contributed by atoms with Crippen LogP contribution < -0.4 is 4.74 Å². The van der Waals surface area contributed by atoms with Crippen LogP contribution in [0, 0.1) is 6.92 Å². The van der Waals surface area contributed by atoms with Crippen LogP contribution in [0.4, 0.5) is 0 Å². The van der Waals surface area contributed by atoms with Gasteiger partial charge >= 0.3 is 0 Å². The zero-order valence-corrected chi connectivity index (χ0v) is 10.5. The minimum absolute atomic E-state index is 0.883. The van der Waals surface area contributed by atoms with Gasteiger partial charge in [-0.3, -0.25) is 4.68 Å². The Bertz CT molecular complexity index is 505. The fraction of sp³-hybridized carbons (Fsp3) is 0.385. The van der Waals surface area contributed by atoms with Gasteiger partial charge in [0.05, 0.1) is 12.8 Å². The van der Waals surface area contributed by atoms with Crippen molar-refractivity contribution in [1.82, 2.24) is 15.0 Å². The van der Waals surface area contributed by atoms with Gasteiger partial charge in [-0.1, -0.05) is 22.9 Å². The molecule has 17 heavy (non-hydrogen) atoms. The molecule has 2 aromatic rings. The average Bonchev–Trinajstić information content (AvgIpc) is 2.73. The lowest BCUT2D eigenvalue weighted by Crippen LogP contribution is -1.96. The van der Waals surface area contributed by atoms with Crippen molar-refractivity contribution < 1.29 is 4.74 Å². The molecule has 0 saturated heterocycles. The summed E-state index contributed by atoms with van der Waals surface area (Å²) < 4.78 is 7.08. The van der Waals surface area contributed by atoms with E-state index in [4.69, 9.17) is 4.74 Å². The van der Waals surface area contributed by atoms with Crippen LogP contribution in [0.15, 0.2) is 24.4 Å². The Morgan fingerprint density at radius 2 is 2.12 bits per heavy atom.